The van der Waals surface area contributed by atoms with Gasteiger partial charge in [0.2, 0.25) is 0 Å². The molecule has 0 aromatic carbocycles. The Labute approximate surface area is 112 Å². The van der Waals surface area contributed by atoms with E-state index < -0.39 is 0 Å². The topological polar surface area (TPSA) is 27.6 Å². The summed E-state index contributed by atoms with van der Waals surface area (Å²) in [7, 11) is 1.92. The van der Waals surface area contributed by atoms with E-state index >= 15 is 0 Å². The van der Waals surface area contributed by atoms with Crippen LogP contribution >= 0.6 is 0 Å². The molecule has 2 aliphatic rings. The third-order valence-corrected chi connectivity index (χ3v) is 4.68. The maximum atomic E-state index is 4.45. The lowest BCUT2D eigenvalue weighted by molar-refractivity contribution is 0.203. The number of rotatable bonds is 3. The second-order valence-electron chi connectivity index (χ2n) is 6.06. The Bertz CT molecular complexity index is 279. The van der Waals surface area contributed by atoms with Gasteiger partial charge in [0.15, 0.2) is 5.96 Å². The van der Waals surface area contributed by atoms with Gasteiger partial charge < -0.3 is 10.2 Å². The van der Waals surface area contributed by atoms with Gasteiger partial charge in [0.25, 0.3) is 0 Å². The zero-order chi connectivity index (χ0) is 12.8. The molecule has 1 aliphatic carbocycles. The first-order chi connectivity index (χ1) is 8.79. The summed E-state index contributed by atoms with van der Waals surface area (Å²) in [6.07, 6.45) is 11.1. The van der Waals surface area contributed by atoms with Crippen molar-refractivity contribution in [3.05, 3.63) is 0 Å². The van der Waals surface area contributed by atoms with Crippen molar-refractivity contribution in [2.24, 2.45) is 10.4 Å². The molecule has 2 rings (SSSR count). The lowest BCUT2D eigenvalue weighted by Crippen LogP contribution is -2.41. The summed E-state index contributed by atoms with van der Waals surface area (Å²) in [6.45, 7) is 5.73. The van der Waals surface area contributed by atoms with E-state index in [0.29, 0.717) is 5.41 Å². The maximum absolute atomic E-state index is 4.45. The standard InChI is InChI=1S/C15H29N3/c1-3-4-11-17-14(16-2)18-12-10-15(13-18)8-6-5-7-9-15/h3-13H2,1-2H3,(H,16,17). The van der Waals surface area contributed by atoms with E-state index in [9.17, 15) is 0 Å². The number of likely N-dealkylation sites (tertiary alicyclic amines) is 1. The van der Waals surface area contributed by atoms with Gasteiger partial charge in [-0.15, -0.1) is 0 Å². The SMILES string of the molecule is CCCCNC(=NC)N1CCC2(CCCCC2)C1. The van der Waals surface area contributed by atoms with Crippen molar-refractivity contribution in [2.45, 2.75) is 58.3 Å². The molecule has 0 unspecified atom stereocenters. The number of unbranched alkanes of at least 4 members (excludes halogenated alkanes) is 1. The highest BCUT2D eigenvalue weighted by Gasteiger charge is 2.39. The normalized spacial score (nSPS) is 23.7. The molecule has 1 aliphatic heterocycles. The van der Waals surface area contributed by atoms with Gasteiger partial charge in [-0.25, -0.2) is 0 Å². The number of guanidine groups is 1. The zero-order valence-electron chi connectivity index (χ0n) is 12.2. The summed E-state index contributed by atoms with van der Waals surface area (Å²) < 4.78 is 0. The molecule has 1 N–H and O–H groups in total. The Balaban J connectivity index is 1.86. The Kier molecular flexibility index (Phi) is 4.90. The lowest BCUT2D eigenvalue weighted by Gasteiger charge is -2.33. The van der Waals surface area contributed by atoms with Crippen molar-refractivity contribution < 1.29 is 0 Å². The summed E-state index contributed by atoms with van der Waals surface area (Å²) in [5, 5.41) is 3.51. The first kappa shape index (κ1) is 13.7. The number of nitrogens with one attached hydrogen (secondary N) is 1. The fourth-order valence-electron chi connectivity index (χ4n) is 3.54. The number of hydrogen-bond acceptors (Lipinski definition) is 1. The quantitative estimate of drug-likeness (QED) is 0.474. The molecule has 3 nitrogen and oxygen atoms in total. The second-order valence-corrected chi connectivity index (χ2v) is 6.06. The highest BCUT2D eigenvalue weighted by atomic mass is 15.3. The number of aliphatic imine (C=N–C) groups is 1. The first-order valence-electron chi connectivity index (χ1n) is 7.75. The van der Waals surface area contributed by atoms with Gasteiger partial charge in [0.1, 0.15) is 0 Å². The van der Waals surface area contributed by atoms with Crippen molar-refractivity contribution in [3.8, 4) is 0 Å². The minimum atomic E-state index is 0.626. The Morgan fingerprint density at radius 1 is 1.22 bits per heavy atom. The zero-order valence-corrected chi connectivity index (χ0v) is 12.2. The minimum absolute atomic E-state index is 0.626. The summed E-state index contributed by atoms with van der Waals surface area (Å²) in [5.74, 6) is 1.13. The summed E-state index contributed by atoms with van der Waals surface area (Å²) in [6, 6.07) is 0. The fraction of sp³-hybridized carbons (Fsp3) is 0.933. The molecule has 1 saturated carbocycles. The Morgan fingerprint density at radius 3 is 2.67 bits per heavy atom. The largest absolute Gasteiger partial charge is 0.356 e. The molecular weight excluding hydrogens is 222 g/mol. The molecule has 0 radical (unpaired) electrons. The van der Waals surface area contributed by atoms with E-state index in [1.165, 1.54) is 64.5 Å². The molecule has 3 heteroatoms. The molecule has 104 valence electrons. The van der Waals surface area contributed by atoms with Gasteiger partial charge in [0, 0.05) is 26.7 Å². The molecule has 18 heavy (non-hydrogen) atoms. The van der Waals surface area contributed by atoms with Crippen LogP contribution in [0.15, 0.2) is 4.99 Å². The smallest absolute Gasteiger partial charge is 0.193 e. The highest BCUT2D eigenvalue weighted by molar-refractivity contribution is 5.80. The van der Waals surface area contributed by atoms with Crippen LogP contribution in [-0.4, -0.2) is 37.5 Å². The Morgan fingerprint density at radius 2 is 2.00 bits per heavy atom. The van der Waals surface area contributed by atoms with Gasteiger partial charge in [0.05, 0.1) is 0 Å². The average Bonchev–Trinajstić information content (AvgIpc) is 2.79. The fourth-order valence-corrected chi connectivity index (χ4v) is 3.54. The van der Waals surface area contributed by atoms with Crippen LogP contribution in [0, 0.1) is 5.41 Å². The molecule has 0 aromatic rings. The summed E-state index contributed by atoms with van der Waals surface area (Å²) >= 11 is 0. The van der Waals surface area contributed by atoms with Crippen molar-refractivity contribution in [1.82, 2.24) is 10.2 Å². The predicted molar refractivity (Wildman–Crippen MR) is 78.0 cm³/mol. The van der Waals surface area contributed by atoms with Crippen LogP contribution in [0.2, 0.25) is 0 Å². The maximum Gasteiger partial charge on any atom is 0.193 e. The van der Waals surface area contributed by atoms with Crippen molar-refractivity contribution in [1.29, 1.82) is 0 Å². The van der Waals surface area contributed by atoms with Crippen LogP contribution in [0.5, 0.6) is 0 Å². The van der Waals surface area contributed by atoms with Gasteiger partial charge >= 0.3 is 0 Å². The van der Waals surface area contributed by atoms with E-state index in [4.69, 9.17) is 0 Å². The van der Waals surface area contributed by atoms with Crippen LogP contribution in [0.3, 0.4) is 0 Å². The third kappa shape index (κ3) is 3.18. The summed E-state index contributed by atoms with van der Waals surface area (Å²) in [5.41, 5.74) is 0.626. The van der Waals surface area contributed by atoms with Crippen molar-refractivity contribution in [3.63, 3.8) is 0 Å². The average molecular weight is 251 g/mol. The van der Waals surface area contributed by atoms with Crippen LogP contribution in [0.4, 0.5) is 0 Å². The number of hydrogen-bond donors (Lipinski definition) is 1. The molecule has 0 amide bonds. The molecule has 0 bridgehead atoms. The molecule has 2 fully saturated rings. The molecule has 1 spiro atoms. The van der Waals surface area contributed by atoms with E-state index in [1.807, 2.05) is 7.05 Å². The van der Waals surface area contributed by atoms with E-state index in [0.717, 1.165) is 12.5 Å². The summed E-state index contributed by atoms with van der Waals surface area (Å²) in [4.78, 5) is 6.94. The molecule has 0 aromatic heterocycles. The molecule has 0 atom stereocenters. The molecule has 1 heterocycles. The van der Waals surface area contributed by atoms with Gasteiger partial charge in [-0.1, -0.05) is 32.6 Å². The minimum Gasteiger partial charge on any atom is -0.356 e. The monoisotopic (exact) mass is 251 g/mol. The second kappa shape index (κ2) is 6.44. The van der Waals surface area contributed by atoms with Crippen molar-refractivity contribution in [2.75, 3.05) is 26.7 Å². The van der Waals surface area contributed by atoms with Crippen LogP contribution in [0.25, 0.3) is 0 Å². The predicted octanol–water partition coefficient (Wildman–Crippen LogP) is 3.02. The number of nitrogens with zero attached hydrogens (tertiary/aromatic N) is 2. The van der Waals surface area contributed by atoms with Gasteiger partial charge in [-0.05, 0) is 31.1 Å². The molecule has 1 saturated heterocycles. The van der Waals surface area contributed by atoms with E-state index in [1.54, 1.807) is 0 Å². The third-order valence-electron chi connectivity index (χ3n) is 4.68. The van der Waals surface area contributed by atoms with E-state index in [2.05, 4.69) is 22.1 Å². The van der Waals surface area contributed by atoms with Gasteiger partial charge in [-0.2, -0.15) is 0 Å². The van der Waals surface area contributed by atoms with Gasteiger partial charge in [-0.3, -0.25) is 4.99 Å². The van der Waals surface area contributed by atoms with Crippen LogP contribution in [0.1, 0.15) is 58.3 Å². The molecular formula is C15H29N3. The van der Waals surface area contributed by atoms with Crippen LogP contribution in [-0.2, 0) is 0 Å². The first-order valence-corrected chi connectivity index (χ1v) is 7.75. The van der Waals surface area contributed by atoms with Crippen LogP contribution < -0.4 is 5.32 Å². The lowest BCUT2D eigenvalue weighted by atomic mass is 9.73. The van der Waals surface area contributed by atoms with E-state index in [-0.39, 0.29) is 0 Å². The Hall–Kier alpha value is -0.730. The van der Waals surface area contributed by atoms with Crippen molar-refractivity contribution >= 4 is 5.96 Å². The highest BCUT2D eigenvalue weighted by Crippen LogP contribution is 2.43.